The summed E-state index contributed by atoms with van der Waals surface area (Å²) in [7, 11) is 0. The van der Waals surface area contributed by atoms with Crippen molar-refractivity contribution in [3.63, 3.8) is 0 Å². The van der Waals surface area contributed by atoms with Crippen LogP contribution in [0.5, 0.6) is 0 Å². The lowest BCUT2D eigenvalue weighted by atomic mass is 9.98. The van der Waals surface area contributed by atoms with Crippen molar-refractivity contribution in [1.29, 1.82) is 0 Å². The fourth-order valence-electron chi connectivity index (χ4n) is 4.04. The van der Waals surface area contributed by atoms with Gasteiger partial charge in [-0.05, 0) is 61.2 Å². The highest BCUT2D eigenvalue weighted by molar-refractivity contribution is 5.89. The number of nitrogens with one attached hydrogen (secondary N) is 2. The molecule has 33 heavy (non-hydrogen) atoms. The fourth-order valence-corrected chi connectivity index (χ4v) is 4.04. The van der Waals surface area contributed by atoms with Gasteiger partial charge in [-0.25, -0.2) is 9.37 Å². The van der Waals surface area contributed by atoms with Gasteiger partial charge in [0.1, 0.15) is 11.6 Å². The molecule has 0 saturated carbocycles. The number of imidazole rings is 1. The number of H-pyrrole nitrogens is 1. The molecule has 4 aromatic rings. The Kier molecular flexibility index (Phi) is 5.77. The minimum atomic E-state index is -0.449. The first-order valence-corrected chi connectivity index (χ1v) is 11.2. The highest BCUT2D eigenvalue weighted by atomic mass is 19.1. The molecular formula is C24H25FN6O2. The average Bonchev–Trinajstić information content (AvgIpc) is 3.47. The van der Waals surface area contributed by atoms with E-state index in [1.807, 2.05) is 12.1 Å². The van der Waals surface area contributed by atoms with Crippen molar-refractivity contribution in [3.8, 4) is 11.4 Å². The van der Waals surface area contributed by atoms with E-state index < -0.39 is 5.91 Å². The van der Waals surface area contributed by atoms with Crippen molar-refractivity contribution in [2.45, 2.75) is 26.2 Å². The molecule has 0 bridgehead atoms. The molecule has 1 amide bonds. The van der Waals surface area contributed by atoms with E-state index in [9.17, 15) is 9.18 Å². The molecule has 0 unspecified atom stereocenters. The van der Waals surface area contributed by atoms with Crippen molar-refractivity contribution in [2.24, 2.45) is 5.92 Å². The van der Waals surface area contributed by atoms with Gasteiger partial charge in [0.15, 0.2) is 0 Å². The summed E-state index contributed by atoms with van der Waals surface area (Å²) in [6.45, 7) is 4.75. The zero-order valence-electron chi connectivity index (χ0n) is 18.3. The lowest BCUT2D eigenvalue weighted by molar-refractivity contribution is 0.0910. The van der Waals surface area contributed by atoms with E-state index in [0.29, 0.717) is 35.6 Å². The third-order valence-electron chi connectivity index (χ3n) is 6.03. The number of rotatable bonds is 6. The van der Waals surface area contributed by atoms with E-state index in [1.54, 1.807) is 6.07 Å². The van der Waals surface area contributed by atoms with Crippen LogP contribution in [0.25, 0.3) is 22.4 Å². The summed E-state index contributed by atoms with van der Waals surface area (Å²) in [5.41, 5.74) is 3.28. The number of aromatic nitrogens is 4. The van der Waals surface area contributed by atoms with Crippen LogP contribution in [0.3, 0.4) is 0 Å². The molecule has 8 nitrogen and oxygen atoms in total. The molecule has 2 aromatic heterocycles. The van der Waals surface area contributed by atoms with E-state index in [0.717, 1.165) is 24.6 Å². The van der Waals surface area contributed by atoms with Crippen LogP contribution in [0.2, 0.25) is 0 Å². The van der Waals surface area contributed by atoms with Gasteiger partial charge in [-0.1, -0.05) is 12.1 Å². The molecule has 0 spiro atoms. The number of anilines is 1. The molecular weight excluding hydrogens is 423 g/mol. The van der Waals surface area contributed by atoms with E-state index >= 15 is 0 Å². The van der Waals surface area contributed by atoms with Gasteiger partial charge in [-0.3, -0.25) is 4.79 Å². The van der Waals surface area contributed by atoms with Crippen molar-refractivity contribution in [3.05, 3.63) is 60.0 Å². The third-order valence-corrected chi connectivity index (χ3v) is 6.03. The minimum Gasteiger partial charge on any atom is -0.372 e. The quantitative estimate of drug-likeness (QED) is 0.463. The Hall–Kier alpha value is -3.75. The molecule has 1 aliphatic heterocycles. The lowest BCUT2D eigenvalue weighted by Gasteiger charge is -2.32. The zero-order chi connectivity index (χ0) is 22.8. The Morgan fingerprint density at radius 3 is 2.76 bits per heavy atom. The van der Waals surface area contributed by atoms with Gasteiger partial charge < -0.3 is 19.7 Å². The van der Waals surface area contributed by atoms with Crippen LogP contribution >= 0.6 is 0 Å². The summed E-state index contributed by atoms with van der Waals surface area (Å²) >= 11 is 0. The normalized spacial score (nSPS) is 14.7. The first kappa shape index (κ1) is 21.1. The molecule has 2 N–H and O–H groups in total. The number of carbonyl (C=O) groups excluding carboxylic acids is 1. The molecule has 1 fully saturated rings. The topological polar surface area (TPSA) is 99.9 Å². The Morgan fingerprint density at radius 1 is 1.18 bits per heavy atom. The van der Waals surface area contributed by atoms with Gasteiger partial charge in [-0.2, -0.15) is 4.98 Å². The van der Waals surface area contributed by atoms with Crippen molar-refractivity contribution >= 4 is 22.6 Å². The van der Waals surface area contributed by atoms with Gasteiger partial charge in [0.2, 0.25) is 5.82 Å². The Labute approximate surface area is 190 Å². The first-order chi connectivity index (χ1) is 16.0. The number of benzene rings is 2. The molecule has 5 rings (SSSR count). The maximum Gasteiger partial charge on any atom is 0.316 e. The highest BCUT2D eigenvalue weighted by Gasteiger charge is 2.18. The Bertz CT molecular complexity index is 1260. The van der Waals surface area contributed by atoms with E-state index in [4.69, 9.17) is 4.52 Å². The van der Waals surface area contributed by atoms with Crippen LogP contribution in [0.15, 0.2) is 47.0 Å². The van der Waals surface area contributed by atoms with Crippen molar-refractivity contribution in [2.75, 3.05) is 24.5 Å². The smallest absolute Gasteiger partial charge is 0.316 e. The van der Waals surface area contributed by atoms with Gasteiger partial charge in [0.25, 0.3) is 0 Å². The average molecular weight is 449 g/mol. The van der Waals surface area contributed by atoms with Gasteiger partial charge in [-0.15, -0.1) is 0 Å². The van der Waals surface area contributed by atoms with E-state index in [1.165, 1.54) is 30.7 Å². The number of hydrogen-bond donors (Lipinski definition) is 2. The molecule has 0 radical (unpaired) electrons. The number of nitrogens with zero attached hydrogens (tertiary/aromatic N) is 4. The maximum atomic E-state index is 13.3. The van der Waals surface area contributed by atoms with Gasteiger partial charge >= 0.3 is 11.8 Å². The van der Waals surface area contributed by atoms with Crippen molar-refractivity contribution in [1.82, 2.24) is 25.4 Å². The zero-order valence-corrected chi connectivity index (χ0v) is 18.3. The maximum absolute atomic E-state index is 13.3. The largest absolute Gasteiger partial charge is 0.372 e. The standard InChI is InChI=1S/C24H25FN6O2/c1-15-9-12-31(13-10-15)18-5-2-16(3-6-18)22-29-24(33-30-22)23(32)26-11-8-21-27-19-7-4-17(25)14-20(19)28-21/h2-7,14-15H,8-13H2,1H3,(H,26,32)(H,27,28). The predicted octanol–water partition coefficient (Wildman–Crippen LogP) is 3.96. The van der Waals surface area contributed by atoms with Crippen molar-refractivity contribution < 1.29 is 13.7 Å². The number of aromatic amines is 1. The summed E-state index contributed by atoms with van der Waals surface area (Å²) in [4.78, 5) is 26.4. The second-order valence-electron chi connectivity index (χ2n) is 8.49. The van der Waals surface area contributed by atoms with Gasteiger partial charge in [0.05, 0.1) is 11.0 Å². The Balaban J connectivity index is 1.17. The predicted molar refractivity (Wildman–Crippen MR) is 122 cm³/mol. The van der Waals surface area contributed by atoms with Crippen LogP contribution in [0, 0.1) is 11.7 Å². The van der Waals surface area contributed by atoms with Crippen LogP contribution in [-0.4, -0.2) is 45.7 Å². The molecule has 170 valence electrons. The molecule has 1 saturated heterocycles. The van der Waals surface area contributed by atoms with E-state index in [-0.39, 0.29) is 11.7 Å². The minimum absolute atomic E-state index is 0.0919. The summed E-state index contributed by atoms with van der Waals surface area (Å²) in [5.74, 6) is 0.950. The molecule has 9 heteroatoms. The van der Waals surface area contributed by atoms with E-state index in [2.05, 4.69) is 49.4 Å². The molecule has 1 aliphatic rings. The number of amides is 1. The number of hydrogen-bond acceptors (Lipinski definition) is 6. The lowest BCUT2D eigenvalue weighted by Crippen LogP contribution is -2.32. The third kappa shape index (κ3) is 4.72. The molecule has 0 atom stereocenters. The summed E-state index contributed by atoms with van der Waals surface area (Å²) in [5, 5.41) is 6.70. The van der Waals surface area contributed by atoms with Crippen LogP contribution in [0.1, 0.15) is 36.3 Å². The Morgan fingerprint density at radius 2 is 1.97 bits per heavy atom. The molecule has 0 aliphatic carbocycles. The monoisotopic (exact) mass is 448 g/mol. The first-order valence-electron chi connectivity index (χ1n) is 11.2. The number of piperidine rings is 1. The van der Waals surface area contributed by atoms with Crippen LogP contribution < -0.4 is 10.2 Å². The summed E-state index contributed by atoms with van der Waals surface area (Å²) < 4.78 is 18.5. The number of fused-ring (bicyclic) bond motifs is 1. The summed E-state index contributed by atoms with van der Waals surface area (Å²) in [6.07, 6.45) is 2.87. The SMILES string of the molecule is CC1CCN(c2ccc(-c3noc(C(=O)NCCc4nc5ccc(F)cc5[nH]4)n3)cc2)CC1. The van der Waals surface area contributed by atoms with Gasteiger partial charge in [0, 0.05) is 37.3 Å². The number of halogens is 1. The number of carbonyl (C=O) groups is 1. The summed E-state index contributed by atoms with van der Waals surface area (Å²) in [6, 6.07) is 12.4. The second-order valence-corrected chi connectivity index (χ2v) is 8.49. The van der Waals surface area contributed by atoms with Crippen LogP contribution in [-0.2, 0) is 6.42 Å². The van der Waals surface area contributed by atoms with Crippen LogP contribution in [0.4, 0.5) is 10.1 Å². The molecule has 2 aromatic carbocycles. The molecule has 3 heterocycles. The second kappa shape index (κ2) is 9.01. The fraction of sp³-hybridized carbons (Fsp3) is 0.333. The highest BCUT2D eigenvalue weighted by Crippen LogP contribution is 2.25.